The lowest BCUT2D eigenvalue weighted by molar-refractivity contribution is -0.356. The van der Waals surface area contributed by atoms with Gasteiger partial charge < -0.3 is 24.1 Å². The van der Waals surface area contributed by atoms with Crippen molar-refractivity contribution >= 4 is 11.9 Å². The van der Waals surface area contributed by atoms with E-state index in [0.29, 0.717) is 5.57 Å². The Hall–Kier alpha value is -1.70. The van der Waals surface area contributed by atoms with Crippen molar-refractivity contribution in [3.05, 3.63) is 24.3 Å². The van der Waals surface area contributed by atoms with Crippen molar-refractivity contribution in [1.82, 2.24) is 0 Å². The molecule has 0 atom stereocenters. The lowest BCUT2D eigenvalue weighted by Crippen LogP contribution is -2.37. The number of carbonyl (C=O) groups excluding carboxylic acids is 1. The van der Waals surface area contributed by atoms with Crippen molar-refractivity contribution in [3.8, 4) is 0 Å². The lowest BCUT2D eigenvalue weighted by atomic mass is 10.3. The standard InChI is InChI=1S/C10H18O5.C4H6O2/c1-8(2)9(11)15-7-6-10(12-3,13-4)14-5;1-3(2)4(5)6/h1,6-7H2,2-5H3;1H2,2H3,(H,5,6). The number of carboxylic acids is 1. The molecule has 7 heteroatoms. The van der Waals surface area contributed by atoms with Crippen molar-refractivity contribution in [2.24, 2.45) is 0 Å². The number of carbonyl (C=O) groups is 2. The van der Waals surface area contributed by atoms with Crippen molar-refractivity contribution in [2.45, 2.75) is 26.2 Å². The Morgan fingerprint density at radius 2 is 1.38 bits per heavy atom. The van der Waals surface area contributed by atoms with E-state index >= 15 is 0 Å². The normalized spacial score (nSPS) is 10.1. The average molecular weight is 304 g/mol. The SMILES string of the molecule is C=C(C)C(=O)O.C=C(C)C(=O)OCCC(OC)(OC)OC. The highest BCUT2D eigenvalue weighted by molar-refractivity contribution is 5.86. The fourth-order valence-electron chi connectivity index (χ4n) is 0.948. The maximum Gasteiger partial charge on any atom is 0.333 e. The second-order valence-electron chi connectivity index (χ2n) is 4.05. The van der Waals surface area contributed by atoms with Crippen molar-refractivity contribution in [1.29, 1.82) is 0 Å². The van der Waals surface area contributed by atoms with Crippen LogP contribution < -0.4 is 0 Å². The first kappa shape index (κ1) is 21.6. The molecule has 1 N–H and O–H groups in total. The van der Waals surface area contributed by atoms with Gasteiger partial charge in [0.05, 0.1) is 13.0 Å². The highest BCUT2D eigenvalue weighted by Crippen LogP contribution is 2.17. The molecule has 0 saturated carbocycles. The van der Waals surface area contributed by atoms with Crippen LogP contribution in [0.5, 0.6) is 0 Å². The topological polar surface area (TPSA) is 91.3 Å². The van der Waals surface area contributed by atoms with E-state index in [-0.39, 0.29) is 18.6 Å². The van der Waals surface area contributed by atoms with Crippen LogP contribution in [0.2, 0.25) is 0 Å². The minimum Gasteiger partial charge on any atom is -0.478 e. The number of esters is 1. The Labute approximate surface area is 125 Å². The third kappa shape index (κ3) is 9.78. The zero-order valence-electron chi connectivity index (χ0n) is 13.2. The lowest BCUT2D eigenvalue weighted by Gasteiger charge is -2.28. The summed E-state index contributed by atoms with van der Waals surface area (Å²) in [7, 11) is 4.36. The van der Waals surface area contributed by atoms with E-state index in [4.69, 9.17) is 24.1 Å². The van der Waals surface area contributed by atoms with Gasteiger partial charge in [-0.25, -0.2) is 9.59 Å². The highest BCUT2D eigenvalue weighted by atomic mass is 16.9. The first-order valence-corrected chi connectivity index (χ1v) is 6.02. The molecule has 0 unspecified atom stereocenters. The summed E-state index contributed by atoms with van der Waals surface area (Å²) in [5.41, 5.74) is 0.530. The van der Waals surface area contributed by atoms with E-state index in [9.17, 15) is 9.59 Å². The summed E-state index contributed by atoms with van der Waals surface area (Å²) in [6.07, 6.45) is 0.287. The Kier molecular flexibility index (Phi) is 11.3. The summed E-state index contributed by atoms with van der Waals surface area (Å²) in [5, 5.41) is 7.89. The molecule has 0 radical (unpaired) electrons. The summed E-state index contributed by atoms with van der Waals surface area (Å²) < 4.78 is 19.9. The average Bonchev–Trinajstić information content (AvgIpc) is 2.44. The number of methoxy groups -OCH3 is 3. The van der Waals surface area contributed by atoms with Gasteiger partial charge in [0.1, 0.15) is 0 Å². The van der Waals surface area contributed by atoms with Crippen molar-refractivity contribution in [3.63, 3.8) is 0 Å². The van der Waals surface area contributed by atoms with Gasteiger partial charge in [-0.05, 0) is 13.8 Å². The van der Waals surface area contributed by atoms with Gasteiger partial charge >= 0.3 is 11.9 Å². The van der Waals surface area contributed by atoms with E-state index < -0.39 is 17.9 Å². The van der Waals surface area contributed by atoms with Crippen LogP contribution in [-0.4, -0.2) is 51.0 Å². The summed E-state index contributed by atoms with van der Waals surface area (Å²) in [4.78, 5) is 20.6. The van der Waals surface area contributed by atoms with Crippen molar-refractivity contribution in [2.75, 3.05) is 27.9 Å². The van der Waals surface area contributed by atoms with Gasteiger partial charge in [-0.15, -0.1) is 0 Å². The smallest absolute Gasteiger partial charge is 0.333 e. The van der Waals surface area contributed by atoms with Crippen LogP contribution in [0.15, 0.2) is 24.3 Å². The molecule has 0 heterocycles. The van der Waals surface area contributed by atoms with Gasteiger partial charge in [0, 0.05) is 32.5 Å². The molecule has 0 saturated heterocycles. The number of hydrogen-bond donors (Lipinski definition) is 1. The van der Waals surface area contributed by atoms with E-state index in [1.54, 1.807) is 6.92 Å². The quantitative estimate of drug-likeness (QED) is 0.415. The van der Waals surface area contributed by atoms with Crippen LogP contribution in [0.25, 0.3) is 0 Å². The Morgan fingerprint density at radius 3 is 1.62 bits per heavy atom. The van der Waals surface area contributed by atoms with Gasteiger partial charge in [0.15, 0.2) is 0 Å². The molecule has 0 aliphatic heterocycles. The van der Waals surface area contributed by atoms with Crippen LogP contribution in [-0.2, 0) is 28.5 Å². The van der Waals surface area contributed by atoms with Crippen molar-refractivity contribution < 1.29 is 33.6 Å². The summed E-state index contributed by atoms with van der Waals surface area (Å²) in [5.74, 6) is -2.53. The minimum atomic E-state index is -1.16. The molecule has 0 aliphatic rings. The van der Waals surface area contributed by atoms with E-state index in [1.807, 2.05) is 0 Å². The second-order valence-corrected chi connectivity index (χ2v) is 4.05. The summed E-state index contributed by atoms with van der Waals surface area (Å²) in [6, 6.07) is 0. The monoisotopic (exact) mass is 304 g/mol. The zero-order chi connectivity index (χ0) is 17.1. The highest BCUT2D eigenvalue weighted by Gasteiger charge is 2.29. The predicted octanol–water partition coefficient (Wildman–Crippen LogP) is 1.74. The molecule has 0 bridgehead atoms. The molecule has 0 fully saturated rings. The molecule has 0 spiro atoms. The maximum atomic E-state index is 11.0. The summed E-state index contributed by atoms with van der Waals surface area (Å²) >= 11 is 0. The molecule has 21 heavy (non-hydrogen) atoms. The number of carboxylic acid groups (broad SMARTS) is 1. The molecule has 0 aliphatic carbocycles. The van der Waals surface area contributed by atoms with Crippen LogP contribution in [0.1, 0.15) is 20.3 Å². The molecular formula is C14H24O7. The van der Waals surface area contributed by atoms with Crippen LogP contribution in [0, 0.1) is 0 Å². The first-order chi connectivity index (χ1) is 9.65. The van der Waals surface area contributed by atoms with E-state index in [1.165, 1.54) is 28.3 Å². The predicted molar refractivity (Wildman–Crippen MR) is 76.6 cm³/mol. The van der Waals surface area contributed by atoms with Gasteiger partial charge in [0.25, 0.3) is 5.97 Å². The Morgan fingerprint density at radius 1 is 1.00 bits per heavy atom. The number of aliphatic carboxylic acids is 1. The third-order valence-electron chi connectivity index (χ3n) is 2.29. The molecular weight excluding hydrogens is 280 g/mol. The van der Waals surface area contributed by atoms with Crippen LogP contribution in [0.4, 0.5) is 0 Å². The molecule has 0 aromatic carbocycles. The van der Waals surface area contributed by atoms with Crippen LogP contribution >= 0.6 is 0 Å². The number of hydrogen-bond acceptors (Lipinski definition) is 6. The second kappa shape index (κ2) is 11.0. The molecule has 0 amide bonds. The molecule has 7 nitrogen and oxygen atoms in total. The third-order valence-corrected chi connectivity index (χ3v) is 2.29. The number of rotatable bonds is 8. The Balaban J connectivity index is 0. The molecule has 0 rings (SSSR count). The minimum absolute atomic E-state index is 0.140. The maximum absolute atomic E-state index is 11.0. The van der Waals surface area contributed by atoms with E-state index in [2.05, 4.69) is 13.2 Å². The largest absolute Gasteiger partial charge is 0.478 e. The Bertz CT molecular complexity index is 349. The molecule has 122 valence electrons. The number of ether oxygens (including phenoxy) is 4. The van der Waals surface area contributed by atoms with Gasteiger partial charge in [-0.2, -0.15) is 0 Å². The van der Waals surface area contributed by atoms with Gasteiger partial charge in [-0.3, -0.25) is 0 Å². The fourth-order valence-corrected chi connectivity index (χ4v) is 0.948. The van der Waals surface area contributed by atoms with Gasteiger partial charge in [-0.1, -0.05) is 13.2 Å². The molecule has 0 aromatic heterocycles. The molecule has 0 aromatic rings. The fraction of sp³-hybridized carbons (Fsp3) is 0.571. The zero-order valence-corrected chi connectivity index (χ0v) is 13.2. The van der Waals surface area contributed by atoms with Crippen LogP contribution in [0.3, 0.4) is 0 Å². The van der Waals surface area contributed by atoms with E-state index in [0.717, 1.165) is 0 Å². The summed E-state index contributed by atoms with van der Waals surface area (Å²) in [6.45, 7) is 9.79. The first-order valence-electron chi connectivity index (χ1n) is 6.02. The van der Waals surface area contributed by atoms with Gasteiger partial charge in [0.2, 0.25) is 0 Å².